The zero-order valence-electron chi connectivity index (χ0n) is 12.8. The highest BCUT2D eigenvalue weighted by Gasteiger charge is 2.34. The first-order valence-corrected chi connectivity index (χ1v) is 7.66. The molecule has 2 aromatic heterocycles. The maximum absolute atomic E-state index is 12.2. The van der Waals surface area contributed by atoms with E-state index in [9.17, 15) is 9.59 Å². The van der Waals surface area contributed by atoms with Crippen LogP contribution in [0.5, 0.6) is 0 Å². The van der Waals surface area contributed by atoms with Gasteiger partial charge in [0.1, 0.15) is 0 Å². The number of rotatable bonds is 3. The van der Waals surface area contributed by atoms with Gasteiger partial charge in [-0.15, -0.1) is 0 Å². The monoisotopic (exact) mass is 321 g/mol. The Labute approximate surface area is 137 Å². The van der Waals surface area contributed by atoms with Crippen molar-refractivity contribution in [2.75, 3.05) is 13.1 Å². The van der Waals surface area contributed by atoms with E-state index in [0.29, 0.717) is 18.7 Å². The minimum Gasteiger partial charge on any atom is -0.334 e. The van der Waals surface area contributed by atoms with E-state index in [2.05, 4.69) is 15.3 Å². The van der Waals surface area contributed by atoms with Gasteiger partial charge in [-0.2, -0.15) is 10.2 Å². The second-order valence-corrected chi connectivity index (χ2v) is 5.72. The normalized spacial score (nSPS) is 14.4. The van der Waals surface area contributed by atoms with Gasteiger partial charge in [0.25, 0.3) is 11.5 Å². The van der Waals surface area contributed by atoms with Gasteiger partial charge in [-0.3, -0.25) is 14.7 Å². The third kappa shape index (κ3) is 2.50. The van der Waals surface area contributed by atoms with Gasteiger partial charge in [-0.25, -0.2) is 4.68 Å². The summed E-state index contributed by atoms with van der Waals surface area (Å²) in [4.78, 5) is 26.0. The van der Waals surface area contributed by atoms with Crippen LogP contribution in [0.15, 0.2) is 59.7 Å². The molecule has 120 valence electrons. The van der Waals surface area contributed by atoms with Gasteiger partial charge in [0.2, 0.25) is 0 Å². The van der Waals surface area contributed by atoms with Crippen LogP contribution in [0.25, 0.3) is 11.3 Å². The van der Waals surface area contributed by atoms with Crippen LogP contribution in [-0.4, -0.2) is 43.9 Å². The number of carbonyl (C=O) groups is 1. The predicted molar refractivity (Wildman–Crippen MR) is 87.5 cm³/mol. The molecule has 0 saturated carbocycles. The van der Waals surface area contributed by atoms with E-state index in [0.717, 1.165) is 11.3 Å². The summed E-state index contributed by atoms with van der Waals surface area (Å²) < 4.78 is 1.47. The largest absolute Gasteiger partial charge is 0.334 e. The lowest BCUT2D eigenvalue weighted by Gasteiger charge is -2.39. The number of hydrogen-bond acceptors (Lipinski definition) is 4. The van der Waals surface area contributed by atoms with Crippen LogP contribution >= 0.6 is 0 Å². The van der Waals surface area contributed by atoms with E-state index < -0.39 is 0 Å². The van der Waals surface area contributed by atoms with Crippen molar-refractivity contribution in [2.24, 2.45) is 0 Å². The molecule has 0 radical (unpaired) electrons. The first kappa shape index (κ1) is 14.4. The zero-order valence-corrected chi connectivity index (χ0v) is 12.8. The van der Waals surface area contributed by atoms with Crippen LogP contribution in [0.1, 0.15) is 16.4 Å². The Morgan fingerprint density at radius 2 is 1.92 bits per heavy atom. The van der Waals surface area contributed by atoms with Gasteiger partial charge in [0.05, 0.1) is 23.5 Å². The highest BCUT2D eigenvalue weighted by atomic mass is 16.2. The lowest BCUT2D eigenvalue weighted by atomic mass is 10.1. The maximum Gasteiger partial charge on any atom is 0.267 e. The third-order valence-electron chi connectivity index (χ3n) is 4.14. The van der Waals surface area contributed by atoms with Gasteiger partial charge >= 0.3 is 0 Å². The molecule has 1 aliphatic heterocycles. The molecule has 1 N–H and O–H groups in total. The van der Waals surface area contributed by atoms with E-state index in [-0.39, 0.29) is 17.5 Å². The minimum atomic E-state index is -0.157. The van der Waals surface area contributed by atoms with Crippen LogP contribution in [0.3, 0.4) is 0 Å². The molecule has 3 aromatic rings. The fourth-order valence-corrected chi connectivity index (χ4v) is 2.78. The van der Waals surface area contributed by atoms with Crippen molar-refractivity contribution >= 4 is 5.91 Å². The Balaban J connectivity index is 1.54. The van der Waals surface area contributed by atoms with Crippen LogP contribution in [0.2, 0.25) is 0 Å². The Bertz CT molecular complexity index is 912. The molecular formula is C17H15N5O2. The third-order valence-corrected chi connectivity index (χ3v) is 4.14. The van der Waals surface area contributed by atoms with Gasteiger partial charge < -0.3 is 4.90 Å². The van der Waals surface area contributed by atoms with E-state index in [1.54, 1.807) is 17.2 Å². The van der Waals surface area contributed by atoms with Crippen molar-refractivity contribution in [3.05, 3.63) is 70.8 Å². The van der Waals surface area contributed by atoms with Gasteiger partial charge in [0, 0.05) is 30.9 Å². The number of nitrogens with one attached hydrogen (secondary N) is 1. The summed E-state index contributed by atoms with van der Waals surface area (Å²) in [5, 5.41) is 10.9. The Kier molecular flexibility index (Phi) is 3.45. The highest BCUT2D eigenvalue weighted by Crippen LogP contribution is 2.22. The molecule has 7 nitrogen and oxygen atoms in total. The Morgan fingerprint density at radius 1 is 1.12 bits per heavy atom. The molecule has 4 rings (SSSR count). The molecule has 0 bridgehead atoms. The Hall–Kier alpha value is -3.22. The molecule has 7 heteroatoms. The van der Waals surface area contributed by atoms with E-state index >= 15 is 0 Å². The van der Waals surface area contributed by atoms with Crippen LogP contribution in [0.4, 0.5) is 0 Å². The molecule has 3 heterocycles. The SMILES string of the molecule is O=C(c1cn[nH]c1)N1CC(n2nc(-c3ccccc3)ccc2=O)C1. The number of amides is 1. The van der Waals surface area contributed by atoms with Gasteiger partial charge in [-0.1, -0.05) is 30.3 Å². The summed E-state index contributed by atoms with van der Waals surface area (Å²) in [5.41, 5.74) is 2.06. The highest BCUT2D eigenvalue weighted by molar-refractivity contribution is 5.94. The molecule has 0 atom stereocenters. The zero-order chi connectivity index (χ0) is 16.5. The number of benzene rings is 1. The predicted octanol–water partition coefficient (Wildman–Crippen LogP) is 1.33. The number of likely N-dealkylation sites (tertiary alicyclic amines) is 1. The van der Waals surface area contributed by atoms with Crippen molar-refractivity contribution in [2.45, 2.75) is 6.04 Å². The quantitative estimate of drug-likeness (QED) is 0.789. The van der Waals surface area contributed by atoms with Crippen LogP contribution in [0, 0.1) is 0 Å². The molecule has 1 amide bonds. The minimum absolute atomic E-state index is 0.0905. The molecule has 1 fully saturated rings. The van der Waals surface area contributed by atoms with E-state index in [4.69, 9.17) is 0 Å². The Morgan fingerprint density at radius 3 is 2.62 bits per heavy atom. The fraction of sp³-hybridized carbons (Fsp3) is 0.176. The van der Waals surface area contributed by atoms with Crippen molar-refractivity contribution in [1.82, 2.24) is 24.9 Å². The van der Waals surface area contributed by atoms with Crippen LogP contribution in [-0.2, 0) is 0 Å². The molecule has 0 spiro atoms. The van der Waals surface area contributed by atoms with Crippen LogP contribution < -0.4 is 5.56 Å². The second kappa shape index (κ2) is 5.77. The van der Waals surface area contributed by atoms with Crippen molar-refractivity contribution in [3.8, 4) is 11.3 Å². The van der Waals surface area contributed by atoms with Crippen molar-refractivity contribution in [1.29, 1.82) is 0 Å². The van der Waals surface area contributed by atoms with Crippen molar-refractivity contribution < 1.29 is 4.79 Å². The number of hydrogen-bond donors (Lipinski definition) is 1. The summed E-state index contributed by atoms with van der Waals surface area (Å²) in [5.74, 6) is -0.0905. The summed E-state index contributed by atoms with van der Waals surface area (Å²) >= 11 is 0. The number of nitrogens with zero attached hydrogens (tertiary/aromatic N) is 4. The fourth-order valence-electron chi connectivity index (χ4n) is 2.78. The molecule has 1 saturated heterocycles. The number of aromatic nitrogens is 4. The van der Waals surface area contributed by atoms with Gasteiger partial charge in [-0.05, 0) is 6.07 Å². The first-order valence-electron chi connectivity index (χ1n) is 7.66. The molecule has 0 aliphatic carbocycles. The molecule has 0 unspecified atom stereocenters. The molecule has 24 heavy (non-hydrogen) atoms. The summed E-state index contributed by atoms with van der Waals surface area (Å²) in [6.45, 7) is 0.935. The standard InChI is InChI=1S/C17H15N5O2/c23-16-7-6-15(12-4-2-1-3-5-12)20-22(16)14-10-21(11-14)17(24)13-8-18-19-9-13/h1-9,14H,10-11H2,(H,18,19). The van der Waals surface area contributed by atoms with E-state index in [1.807, 2.05) is 30.3 Å². The average molecular weight is 321 g/mol. The topological polar surface area (TPSA) is 83.9 Å². The summed E-state index contributed by atoms with van der Waals surface area (Å²) in [6, 6.07) is 12.8. The second-order valence-electron chi connectivity index (χ2n) is 5.72. The molecule has 1 aromatic carbocycles. The number of H-pyrrole nitrogens is 1. The average Bonchev–Trinajstić information content (AvgIpc) is 3.10. The molecule has 1 aliphatic rings. The number of aromatic amines is 1. The lowest BCUT2D eigenvalue weighted by molar-refractivity contribution is 0.0493. The van der Waals surface area contributed by atoms with Crippen molar-refractivity contribution in [3.63, 3.8) is 0 Å². The summed E-state index contributed by atoms with van der Waals surface area (Å²) in [7, 11) is 0. The first-order chi connectivity index (χ1) is 11.7. The van der Waals surface area contributed by atoms with E-state index in [1.165, 1.54) is 16.9 Å². The maximum atomic E-state index is 12.2. The lowest BCUT2D eigenvalue weighted by Crippen LogP contribution is -2.53. The smallest absolute Gasteiger partial charge is 0.267 e. The molecular weight excluding hydrogens is 306 g/mol. The summed E-state index contributed by atoms with van der Waals surface area (Å²) in [6.07, 6.45) is 3.06. The number of carbonyl (C=O) groups excluding carboxylic acids is 1. The van der Waals surface area contributed by atoms with Gasteiger partial charge in [0.15, 0.2) is 0 Å².